The molecule has 1 atom stereocenters. The molecule has 5 nitrogen and oxygen atoms in total. The summed E-state index contributed by atoms with van der Waals surface area (Å²) in [5.41, 5.74) is -0.981. The second kappa shape index (κ2) is 8.46. The number of ether oxygens (including phenoxy) is 1. The monoisotopic (exact) mass is 484 g/mol. The second-order valence-corrected chi connectivity index (χ2v) is 9.75. The predicted molar refractivity (Wildman–Crippen MR) is 118 cm³/mol. The van der Waals surface area contributed by atoms with E-state index in [-0.39, 0.29) is 10.6 Å². The summed E-state index contributed by atoms with van der Waals surface area (Å²) in [6.45, 7) is 1.20. The summed E-state index contributed by atoms with van der Waals surface area (Å²) < 4.78 is 74.7. The number of likely N-dealkylation sites (tertiary alicyclic amines) is 1. The van der Waals surface area contributed by atoms with Gasteiger partial charge in [-0.1, -0.05) is 35.9 Å². The number of rotatable bonds is 5. The molecule has 1 aliphatic rings. The van der Waals surface area contributed by atoms with Crippen LogP contribution in [0.2, 0.25) is 5.02 Å². The lowest BCUT2D eigenvalue weighted by molar-refractivity contribution is -0.139. The average Bonchev–Trinajstić information content (AvgIpc) is 3.11. The van der Waals surface area contributed by atoms with Crippen LogP contribution in [0.4, 0.5) is 18.9 Å². The first-order chi connectivity index (χ1) is 15.0. The first-order valence-electron chi connectivity index (χ1n) is 9.81. The van der Waals surface area contributed by atoms with E-state index in [1.54, 1.807) is 30.3 Å². The second-order valence-electron chi connectivity index (χ2n) is 7.70. The van der Waals surface area contributed by atoms with Crippen LogP contribution in [0.1, 0.15) is 12.0 Å². The van der Waals surface area contributed by atoms with Crippen molar-refractivity contribution in [3.8, 4) is 5.75 Å². The Morgan fingerprint density at radius 1 is 1.09 bits per heavy atom. The number of anilines is 1. The molecule has 32 heavy (non-hydrogen) atoms. The van der Waals surface area contributed by atoms with Crippen molar-refractivity contribution in [3.63, 3.8) is 0 Å². The van der Waals surface area contributed by atoms with E-state index in [0.717, 1.165) is 18.2 Å². The summed E-state index contributed by atoms with van der Waals surface area (Å²) in [4.78, 5) is 1.92. The number of halogens is 4. The van der Waals surface area contributed by atoms with Gasteiger partial charge in [0, 0.05) is 35.0 Å². The molecule has 0 bridgehead atoms. The number of benzene rings is 3. The van der Waals surface area contributed by atoms with Crippen molar-refractivity contribution < 1.29 is 26.3 Å². The van der Waals surface area contributed by atoms with Gasteiger partial charge in [-0.2, -0.15) is 13.2 Å². The fourth-order valence-corrected chi connectivity index (χ4v) is 5.29. The Bertz CT molecular complexity index is 1270. The highest BCUT2D eigenvalue weighted by atomic mass is 35.5. The molecule has 1 aliphatic heterocycles. The molecule has 0 spiro atoms. The number of sulfonamides is 1. The van der Waals surface area contributed by atoms with Crippen molar-refractivity contribution in [1.29, 1.82) is 0 Å². The third-order valence-corrected chi connectivity index (χ3v) is 7.07. The Labute approximate surface area is 188 Å². The Kier molecular flexibility index (Phi) is 6.00. The molecule has 170 valence electrons. The lowest BCUT2D eigenvalue weighted by atomic mass is 10.1. The average molecular weight is 485 g/mol. The molecule has 0 saturated carbocycles. The number of fused-ring (bicyclic) bond motifs is 1. The maximum absolute atomic E-state index is 13.5. The van der Waals surface area contributed by atoms with Crippen LogP contribution in [0.5, 0.6) is 5.75 Å². The first kappa shape index (κ1) is 22.7. The zero-order valence-electron chi connectivity index (χ0n) is 17.0. The van der Waals surface area contributed by atoms with Crippen LogP contribution in [-0.4, -0.2) is 39.6 Å². The highest BCUT2D eigenvalue weighted by molar-refractivity contribution is 7.93. The molecule has 1 N–H and O–H groups in total. The topological polar surface area (TPSA) is 58.6 Å². The molecule has 1 fully saturated rings. The SMILES string of the molecule is CN1CC[C@@H](Oc2cc(NS(=O)(=O)c3cccc4c(Cl)cccc34)ccc2C(F)(F)F)C1. The third-order valence-electron chi connectivity index (χ3n) is 5.30. The van der Waals surface area contributed by atoms with E-state index < -0.39 is 33.6 Å². The van der Waals surface area contributed by atoms with Crippen LogP contribution < -0.4 is 9.46 Å². The van der Waals surface area contributed by atoms with Gasteiger partial charge in [0.1, 0.15) is 11.9 Å². The summed E-state index contributed by atoms with van der Waals surface area (Å²) in [6, 6.07) is 12.5. The highest BCUT2D eigenvalue weighted by Crippen LogP contribution is 2.39. The summed E-state index contributed by atoms with van der Waals surface area (Å²) in [7, 11) is -2.26. The highest BCUT2D eigenvalue weighted by Gasteiger charge is 2.36. The van der Waals surface area contributed by atoms with Crippen molar-refractivity contribution in [2.75, 3.05) is 24.9 Å². The largest absolute Gasteiger partial charge is 0.488 e. The summed E-state index contributed by atoms with van der Waals surface area (Å²) in [5, 5.41) is 1.36. The van der Waals surface area contributed by atoms with Crippen LogP contribution in [0.25, 0.3) is 10.8 Å². The number of nitrogens with zero attached hydrogens (tertiary/aromatic N) is 1. The van der Waals surface area contributed by atoms with Gasteiger partial charge >= 0.3 is 6.18 Å². The molecule has 0 radical (unpaired) electrons. The number of alkyl halides is 3. The van der Waals surface area contributed by atoms with Crippen LogP contribution in [-0.2, 0) is 16.2 Å². The molecule has 0 aromatic heterocycles. The van der Waals surface area contributed by atoms with Gasteiger partial charge in [0.25, 0.3) is 10.0 Å². The molecule has 1 heterocycles. The minimum Gasteiger partial charge on any atom is -0.488 e. The molecular formula is C22H20ClF3N2O3S. The Morgan fingerprint density at radius 3 is 2.50 bits per heavy atom. The number of hydrogen-bond acceptors (Lipinski definition) is 4. The maximum Gasteiger partial charge on any atom is 0.419 e. The van der Waals surface area contributed by atoms with Crippen LogP contribution in [0.15, 0.2) is 59.5 Å². The van der Waals surface area contributed by atoms with Crippen LogP contribution in [0, 0.1) is 0 Å². The normalized spacial score (nSPS) is 17.6. The predicted octanol–water partition coefficient (Wildman–Crippen LogP) is 5.40. The smallest absolute Gasteiger partial charge is 0.419 e. The van der Waals surface area contributed by atoms with Gasteiger partial charge in [-0.3, -0.25) is 4.72 Å². The lowest BCUT2D eigenvalue weighted by Crippen LogP contribution is -2.23. The molecule has 3 aromatic rings. The van der Waals surface area contributed by atoms with Crippen LogP contribution in [0.3, 0.4) is 0 Å². The Hall–Kier alpha value is -2.49. The molecule has 1 saturated heterocycles. The van der Waals surface area contributed by atoms with Crippen molar-refractivity contribution >= 4 is 38.1 Å². The maximum atomic E-state index is 13.5. The Balaban J connectivity index is 1.70. The standard InChI is InChI=1S/C22H20ClF3N2O3S/c1-28-11-10-15(13-28)31-20-12-14(8-9-18(20)22(24,25)26)27-32(29,30)21-7-3-4-16-17(21)5-2-6-19(16)23/h2-9,12,15,27H,10-11,13H2,1H3/t15-/m1/s1. The van der Waals surface area contributed by atoms with Gasteiger partial charge < -0.3 is 9.64 Å². The van der Waals surface area contributed by atoms with Crippen molar-refractivity contribution in [2.45, 2.75) is 23.6 Å². The fourth-order valence-electron chi connectivity index (χ4n) is 3.78. The minimum absolute atomic E-state index is 0.0293. The summed E-state index contributed by atoms with van der Waals surface area (Å²) >= 11 is 6.17. The number of hydrogen-bond donors (Lipinski definition) is 1. The zero-order valence-corrected chi connectivity index (χ0v) is 18.6. The van der Waals surface area contributed by atoms with Crippen molar-refractivity contribution in [3.05, 3.63) is 65.2 Å². The number of likely N-dealkylation sites (N-methyl/N-ethyl adjacent to an activating group) is 1. The van der Waals surface area contributed by atoms with Gasteiger partial charge in [-0.25, -0.2) is 8.42 Å². The molecule has 0 amide bonds. The van der Waals surface area contributed by atoms with Crippen molar-refractivity contribution in [1.82, 2.24) is 4.90 Å². The van der Waals surface area contributed by atoms with Gasteiger partial charge in [0.15, 0.2) is 0 Å². The zero-order chi connectivity index (χ0) is 23.1. The van der Waals surface area contributed by atoms with E-state index in [2.05, 4.69) is 4.72 Å². The van der Waals surface area contributed by atoms with E-state index in [1.807, 2.05) is 11.9 Å². The number of nitrogens with one attached hydrogen (secondary N) is 1. The van der Waals surface area contributed by atoms with Gasteiger partial charge in [-0.05, 0) is 37.7 Å². The van der Waals surface area contributed by atoms with Gasteiger partial charge in [0.05, 0.1) is 16.1 Å². The summed E-state index contributed by atoms with van der Waals surface area (Å²) in [6.07, 6.45) is -4.46. The molecule has 0 aliphatic carbocycles. The van der Waals surface area contributed by atoms with E-state index in [4.69, 9.17) is 16.3 Å². The van der Waals surface area contributed by atoms with Gasteiger partial charge in [-0.15, -0.1) is 0 Å². The quantitative estimate of drug-likeness (QED) is 0.527. The summed E-state index contributed by atoms with van der Waals surface area (Å²) in [5.74, 6) is -0.404. The van der Waals surface area contributed by atoms with Crippen LogP contribution >= 0.6 is 11.6 Å². The molecule has 0 unspecified atom stereocenters. The molecule has 3 aromatic carbocycles. The van der Waals surface area contributed by atoms with E-state index >= 15 is 0 Å². The molecule has 10 heteroatoms. The fraction of sp³-hybridized carbons (Fsp3) is 0.273. The Morgan fingerprint density at radius 2 is 1.81 bits per heavy atom. The lowest BCUT2D eigenvalue weighted by Gasteiger charge is -2.20. The van der Waals surface area contributed by atoms with Gasteiger partial charge in [0.2, 0.25) is 0 Å². The van der Waals surface area contributed by atoms with Crippen molar-refractivity contribution in [2.24, 2.45) is 0 Å². The first-order valence-corrected chi connectivity index (χ1v) is 11.7. The van der Waals surface area contributed by atoms with E-state index in [0.29, 0.717) is 35.3 Å². The molecular weight excluding hydrogens is 465 g/mol. The minimum atomic E-state index is -4.64. The molecule has 4 rings (SSSR count). The van der Waals surface area contributed by atoms with E-state index in [9.17, 15) is 21.6 Å². The third kappa shape index (κ3) is 4.65. The van der Waals surface area contributed by atoms with E-state index in [1.165, 1.54) is 6.07 Å².